The second-order valence-corrected chi connectivity index (χ2v) is 5.22. The Morgan fingerprint density at radius 1 is 1.11 bits per heavy atom. The van der Waals surface area contributed by atoms with Gasteiger partial charge in [-0.05, 0) is 12.1 Å². The third-order valence-corrected chi connectivity index (χ3v) is 3.75. The molecule has 0 aliphatic carbocycles. The summed E-state index contributed by atoms with van der Waals surface area (Å²) in [4.78, 5) is 4.85. The van der Waals surface area contributed by atoms with E-state index in [1.54, 1.807) is 6.26 Å². The molecule has 3 heterocycles. The second kappa shape index (κ2) is 6.52. The van der Waals surface area contributed by atoms with Crippen LogP contribution in [0.25, 0.3) is 0 Å². The van der Waals surface area contributed by atoms with E-state index in [0.717, 1.165) is 64.8 Å². The number of hydrogen-bond donors (Lipinski definition) is 0. The minimum absolute atomic E-state index is 0.307. The molecule has 0 amide bonds. The highest BCUT2D eigenvalue weighted by atomic mass is 16.5. The van der Waals surface area contributed by atoms with Crippen LogP contribution in [0.3, 0.4) is 0 Å². The molecule has 1 atom stereocenters. The number of rotatable bonds is 4. The third kappa shape index (κ3) is 3.79. The zero-order valence-electron chi connectivity index (χ0n) is 11.3. The van der Waals surface area contributed by atoms with Crippen LogP contribution in [-0.4, -0.2) is 68.4 Å². The normalized spacial score (nSPS) is 26.6. The van der Waals surface area contributed by atoms with Crippen LogP contribution < -0.4 is 0 Å². The van der Waals surface area contributed by atoms with E-state index in [9.17, 15) is 0 Å². The third-order valence-electron chi connectivity index (χ3n) is 3.75. The standard InChI is InChI=1S/C14H22N2O3/c1-2-13(18-6-1)10-16-5-9-19-14(12-16)11-15-3-7-17-8-4-15/h1-2,6,14H,3-5,7-12H2. The fraction of sp³-hybridized carbons (Fsp3) is 0.714. The minimum atomic E-state index is 0.307. The fourth-order valence-corrected chi connectivity index (χ4v) is 2.73. The van der Waals surface area contributed by atoms with Gasteiger partial charge in [0.25, 0.3) is 0 Å². The average Bonchev–Trinajstić information content (AvgIpc) is 2.93. The summed E-state index contributed by atoms with van der Waals surface area (Å²) in [6.45, 7) is 8.43. The first-order valence-corrected chi connectivity index (χ1v) is 7.06. The van der Waals surface area contributed by atoms with E-state index >= 15 is 0 Å². The zero-order chi connectivity index (χ0) is 12.9. The molecule has 106 valence electrons. The molecule has 0 spiro atoms. The van der Waals surface area contributed by atoms with E-state index in [1.165, 1.54) is 0 Å². The Labute approximate surface area is 114 Å². The summed E-state index contributed by atoms with van der Waals surface area (Å²) in [6, 6.07) is 3.98. The average molecular weight is 266 g/mol. The Morgan fingerprint density at radius 3 is 2.74 bits per heavy atom. The van der Waals surface area contributed by atoms with Crippen LogP contribution in [0.5, 0.6) is 0 Å². The van der Waals surface area contributed by atoms with Gasteiger partial charge in [0.15, 0.2) is 0 Å². The highest BCUT2D eigenvalue weighted by Gasteiger charge is 2.24. The lowest BCUT2D eigenvalue weighted by molar-refractivity contribution is -0.0600. The first-order chi connectivity index (χ1) is 9.40. The van der Waals surface area contributed by atoms with Gasteiger partial charge in [-0.2, -0.15) is 0 Å². The molecule has 0 aromatic carbocycles. The van der Waals surface area contributed by atoms with Crippen LogP contribution in [0.4, 0.5) is 0 Å². The summed E-state index contributed by atoms with van der Waals surface area (Å²) in [6.07, 6.45) is 2.04. The molecule has 2 aliphatic rings. The van der Waals surface area contributed by atoms with Crippen molar-refractivity contribution in [1.29, 1.82) is 0 Å². The van der Waals surface area contributed by atoms with Crippen LogP contribution in [-0.2, 0) is 16.0 Å². The summed E-state index contributed by atoms with van der Waals surface area (Å²) >= 11 is 0. The van der Waals surface area contributed by atoms with Crippen molar-refractivity contribution in [3.05, 3.63) is 24.2 Å². The number of furan rings is 1. The quantitative estimate of drug-likeness (QED) is 0.806. The summed E-state index contributed by atoms with van der Waals surface area (Å²) in [5.41, 5.74) is 0. The predicted molar refractivity (Wildman–Crippen MR) is 71.0 cm³/mol. The number of morpholine rings is 2. The van der Waals surface area contributed by atoms with Crippen molar-refractivity contribution in [2.24, 2.45) is 0 Å². The van der Waals surface area contributed by atoms with Gasteiger partial charge in [0.05, 0.1) is 38.7 Å². The summed E-state index contributed by atoms with van der Waals surface area (Å²) < 4.78 is 16.7. The molecule has 2 saturated heterocycles. The first-order valence-electron chi connectivity index (χ1n) is 7.06. The molecule has 1 aromatic rings. The Kier molecular flexibility index (Phi) is 4.50. The summed E-state index contributed by atoms with van der Waals surface area (Å²) in [5.74, 6) is 1.03. The molecule has 0 bridgehead atoms. The molecule has 19 heavy (non-hydrogen) atoms. The van der Waals surface area contributed by atoms with Gasteiger partial charge in [-0.15, -0.1) is 0 Å². The molecule has 3 rings (SSSR count). The smallest absolute Gasteiger partial charge is 0.117 e. The second-order valence-electron chi connectivity index (χ2n) is 5.22. The largest absolute Gasteiger partial charge is 0.468 e. The molecule has 2 aliphatic heterocycles. The van der Waals surface area contributed by atoms with E-state index in [-0.39, 0.29) is 0 Å². The predicted octanol–water partition coefficient (Wildman–Crippen LogP) is 0.813. The molecule has 1 unspecified atom stereocenters. The van der Waals surface area contributed by atoms with E-state index in [0.29, 0.717) is 6.10 Å². The van der Waals surface area contributed by atoms with E-state index in [2.05, 4.69) is 9.80 Å². The lowest BCUT2D eigenvalue weighted by Gasteiger charge is -2.36. The molecule has 2 fully saturated rings. The molecule has 0 saturated carbocycles. The maximum absolute atomic E-state index is 5.88. The number of nitrogens with zero attached hydrogens (tertiary/aromatic N) is 2. The highest BCUT2D eigenvalue weighted by molar-refractivity contribution is 4.98. The maximum Gasteiger partial charge on any atom is 0.117 e. The molecule has 5 nitrogen and oxygen atoms in total. The van der Waals surface area contributed by atoms with Crippen LogP contribution >= 0.6 is 0 Å². The van der Waals surface area contributed by atoms with Crippen LogP contribution in [0.15, 0.2) is 22.8 Å². The molecule has 0 radical (unpaired) electrons. The van der Waals surface area contributed by atoms with Gasteiger partial charge in [-0.25, -0.2) is 0 Å². The summed E-state index contributed by atoms with van der Waals surface area (Å²) in [5, 5.41) is 0. The van der Waals surface area contributed by atoms with Crippen molar-refractivity contribution in [3.63, 3.8) is 0 Å². The zero-order valence-corrected chi connectivity index (χ0v) is 11.3. The Balaban J connectivity index is 1.47. The van der Waals surface area contributed by atoms with Crippen molar-refractivity contribution in [1.82, 2.24) is 9.80 Å². The fourth-order valence-electron chi connectivity index (χ4n) is 2.73. The first kappa shape index (κ1) is 13.1. The monoisotopic (exact) mass is 266 g/mol. The van der Waals surface area contributed by atoms with Crippen LogP contribution in [0, 0.1) is 0 Å². The molecule has 5 heteroatoms. The van der Waals surface area contributed by atoms with E-state index in [1.807, 2.05) is 12.1 Å². The lowest BCUT2D eigenvalue weighted by atomic mass is 10.2. The molecule has 0 N–H and O–H groups in total. The Morgan fingerprint density at radius 2 is 1.95 bits per heavy atom. The topological polar surface area (TPSA) is 38.1 Å². The van der Waals surface area contributed by atoms with Crippen molar-refractivity contribution in [2.75, 3.05) is 52.5 Å². The number of ether oxygens (including phenoxy) is 2. The van der Waals surface area contributed by atoms with Gasteiger partial charge >= 0.3 is 0 Å². The van der Waals surface area contributed by atoms with Crippen molar-refractivity contribution >= 4 is 0 Å². The highest BCUT2D eigenvalue weighted by Crippen LogP contribution is 2.12. The van der Waals surface area contributed by atoms with Crippen LogP contribution in [0.2, 0.25) is 0 Å². The van der Waals surface area contributed by atoms with Crippen molar-refractivity contribution in [2.45, 2.75) is 12.6 Å². The molecular formula is C14H22N2O3. The van der Waals surface area contributed by atoms with Gasteiger partial charge < -0.3 is 13.9 Å². The van der Waals surface area contributed by atoms with E-state index < -0.39 is 0 Å². The van der Waals surface area contributed by atoms with Gasteiger partial charge in [0.1, 0.15) is 5.76 Å². The van der Waals surface area contributed by atoms with E-state index in [4.69, 9.17) is 13.9 Å². The minimum Gasteiger partial charge on any atom is -0.468 e. The lowest BCUT2D eigenvalue weighted by Crippen LogP contribution is -2.49. The summed E-state index contributed by atoms with van der Waals surface area (Å²) in [7, 11) is 0. The van der Waals surface area contributed by atoms with Crippen molar-refractivity contribution in [3.8, 4) is 0 Å². The Hall–Kier alpha value is -0.880. The SMILES string of the molecule is c1coc(CN2CCOC(CN3CCOCC3)C2)c1. The Bertz CT molecular complexity index is 363. The van der Waals surface area contributed by atoms with Crippen LogP contribution in [0.1, 0.15) is 5.76 Å². The molecular weight excluding hydrogens is 244 g/mol. The van der Waals surface area contributed by atoms with Gasteiger partial charge in [0.2, 0.25) is 0 Å². The van der Waals surface area contributed by atoms with Gasteiger partial charge in [-0.3, -0.25) is 9.80 Å². The molecule has 1 aromatic heterocycles. The van der Waals surface area contributed by atoms with Gasteiger partial charge in [0, 0.05) is 32.7 Å². The van der Waals surface area contributed by atoms with Gasteiger partial charge in [-0.1, -0.05) is 0 Å². The number of hydrogen-bond acceptors (Lipinski definition) is 5. The maximum atomic E-state index is 5.88. The van der Waals surface area contributed by atoms with Crippen molar-refractivity contribution < 1.29 is 13.9 Å².